The molecule has 0 amide bonds. The van der Waals surface area contributed by atoms with Crippen LogP contribution in [0.5, 0.6) is 5.88 Å². The van der Waals surface area contributed by atoms with Crippen molar-refractivity contribution in [3.63, 3.8) is 0 Å². The number of hydrogen-bond acceptors (Lipinski definition) is 4. The van der Waals surface area contributed by atoms with Crippen LogP contribution in [0, 0.1) is 0 Å². The zero-order chi connectivity index (χ0) is 14.6. The lowest BCUT2D eigenvalue weighted by molar-refractivity contribution is -0.137. The summed E-state index contributed by atoms with van der Waals surface area (Å²) in [6.45, 7) is 3.17. The van der Waals surface area contributed by atoms with Gasteiger partial charge in [-0.1, -0.05) is 0 Å². The summed E-state index contributed by atoms with van der Waals surface area (Å²) in [5, 5.41) is 2.77. The largest absolute Gasteiger partial charge is 0.475 e. The fourth-order valence-electron chi connectivity index (χ4n) is 1.97. The summed E-state index contributed by atoms with van der Waals surface area (Å²) in [5.74, 6) is 0.121. The van der Waals surface area contributed by atoms with Gasteiger partial charge in [-0.2, -0.15) is 18.2 Å². The lowest BCUT2D eigenvalue weighted by atomic mass is 10.2. The predicted molar refractivity (Wildman–Crippen MR) is 67.9 cm³/mol. The molecule has 0 saturated carbocycles. The average molecular weight is 290 g/mol. The smallest absolute Gasteiger partial charge is 0.416 e. The molecule has 1 aromatic rings. The van der Waals surface area contributed by atoms with Crippen molar-refractivity contribution in [2.75, 3.05) is 25.1 Å². The van der Waals surface area contributed by atoms with Gasteiger partial charge in [-0.25, -0.2) is 0 Å². The van der Waals surface area contributed by atoms with Crippen molar-refractivity contribution < 1.29 is 22.6 Å². The van der Waals surface area contributed by atoms with Gasteiger partial charge in [0.05, 0.1) is 11.7 Å². The summed E-state index contributed by atoms with van der Waals surface area (Å²) < 4.78 is 49.1. The molecule has 2 heterocycles. The maximum absolute atomic E-state index is 12.8. The maximum Gasteiger partial charge on any atom is 0.416 e. The molecule has 4 nitrogen and oxygen atoms in total. The summed E-state index contributed by atoms with van der Waals surface area (Å²) >= 11 is 0. The molecule has 1 aliphatic heterocycles. The van der Waals surface area contributed by atoms with Crippen LogP contribution in [0.1, 0.15) is 25.3 Å². The zero-order valence-corrected chi connectivity index (χ0v) is 11.2. The van der Waals surface area contributed by atoms with Crippen LogP contribution in [-0.4, -0.2) is 30.8 Å². The lowest BCUT2D eigenvalue weighted by Crippen LogP contribution is -2.17. The molecule has 1 aliphatic rings. The first kappa shape index (κ1) is 14.9. The Balaban J connectivity index is 2.11. The molecule has 112 valence electrons. The molecule has 1 unspecified atom stereocenters. The van der Waals surface area contributed by atoms with E-state index in [1.165, 1.54) is 0 Å². The molecule has 1 saturated heterocycles. The number of rotatable bonds is 5. The Labute approximate surface area is 115 Å². The summed E-state index contributed by atoms with van der Waals surface area (Å²) in [6, 6.07) is 1.89. The van der Waals surface area contributed by atoms with Crippen LogP contribution in [0.15, 0.2) is 12.1 Å². The Kier molecular flexibility index (Phi) is 4.69. The Morgan fingerprint density at radius 1 is 1.45 bits per heavy atom. The fourth-order valence-corrected chi connectivity index (χ4v) is 1.97. The zero-order valence-electron chi connectivity index (χ0n) is 11.2. The molecule has 0 bridgehead atoms. The first-order chi connectivity index (χ1) is 9.49. The SMILES string of the molecule is CCNc1cc(C(F)(F)F)cc(OCC2CCCO2)n1. The van der Waals surface area contributed by atoms with E-state index in [2.05, 4.69) is 10.3 Å². The number of aromatic nitrogens is 1. The molecule has 2 rings (SSSR count). The van der Waals surface area contributed by atoms with Crippen molar-refractivity contribution in [2.24, 2.45) is 0 Å². The molecule has 0 spiro atoms. The Bertz CT molecular complexity index is 446. The molecule has 1 N–H and O–H groups in total. The quantitative estimate of drug-likeness (QED) is 0.905. The summed E-state index contributed by atoms with van der Waals surface area (Å²) in [6.07, 6.45) is -2.67. The highest BCUT2D eigenvalue weighted by Crippen LogP contribution is 2.32. The average Bonchev–Trinajstić information content (AvgIpc) is 2.88. The van der Waals surface area contributed by atoms with Crippen molar-refractivity contribution in [1.82, 2.24) is 4.98 Å². The van der Waals surface area contributed by atoms with Gasteiger partial charge in [-0.15, -0.1) is 0 Å². The Morgan fingerprint density at radius 3 is 2.85 bits per heavy atom. The van der Waals surface area contributed by atoms with E-state index in [-0.39, 0.29) is 24.4 Å². The van der Waals surface area contributed by atoms with Crippen LogP contribution in [0.25, 0.3) is 0 Å². The van der Waals surface area contributed by atoms with E-state index in [0.29, 0.717) is 13.2 Å². The second kappa shape index (κ2) is 6.30. The van der Waals surface area contributed by atoms with Crippen molar-refractivity contribution in [1.29, 1.82) is 0 Å². The van der Waals surface area contributed by atoms with Gasteiger partial charge in [0, 0.05) is 19.2 Å². The van der Waals surface area contributed by atoms with Crippen LogP contribution < -0.4 is 10.1 Å². The molecule has 1 aromatic heterocycles. The van der Waals surface area contributed by atoms with Crippen LogP contribution in [0.2, 0.25) is 0 Å². The van der Waals surface area contributed by atoms with E-state index in [0.717, 1.165) is 25.0 Å². The van der Waals surface area contributed by atoms with E-state index in [1.807, 2.05) is 0 Å². The van der Waals surface area contributed by atoms with Gasteiger partial charge in [0.1, 0.15) is 12.4 Å². The Hall–Kier alpha value is -1.50. The maximum atomic E-state index is 12.8. The molecule has 0 aromatic carbocycles. The minimum atomic E-state index is -4.42. The normalized spacial score (nSPS) is 19.1. The van der Waals surface area contributed by atoms with Crippen LogP contribution in [-0.2, 0) is 10.9 Å². The first-order valence-corrected chi connectivity index (χ1v) is 6.56. The van der Waals surface area contributed by atoms with Crippen LogP contribution in [0.4, 0.5) is 19.0 Å². The molecule has 0 radical (unpaired) electrons. The number of halogens is 3. The van der Waals surface area contributed by atoms with Crippen molar-refractivity contribution >= 4 is 5.82 Å². The van der Waals surface area contributed by atoms with Gasteiger partial charge < -0.3 is 14.8 Å². The monoisotopic (exact) mass is 290 g/mol. The van der Waals surface area contributed by atoms with Gasteiger partial charge in [0.15, 0.2) is 0 Å². The summed E-state index contributed by atoms with van der Waals surface area (Å²) in [4.78, 5) is 4.01. The third-order valence-corrected chi connectivity index (χ3v) is 2.93. The van der Waals surface area contributed by atoms with Gasteiger partial charge in [0.25, 0.3) is 0 Å². The first-order valence-electron chi connectivity index (χ1n) is 6.56. The minimum Gasteiger partial charge on any atom is -0.475 e. The number of hydrogen-bond donors (Lipinski definition) is 1. The van der Waals surface area contributed by atoms with Crippen LogP contribution >= 0.6 is 0 Å². The van der Waals surface area contributed by atoms with Crippen molar-refractivity contribution in [3.05, 3.63) is 17.7 Å². The van der Waals surface area contributed by atoms with Gasteiger partial charge in [0.2, 0.25) is 5.88 Å². The molecule has 20 heavy (non-hydrogen) atoms. The van der Waals surface area contributed by atoms with E-state index in [1.54, 1.807) is 6.92 Å². The predicted octanol–water partition coefficient (Wildman–Crippen LogP) is 3.09. The third-order valence-electron chi connectivity index (χ3n) is 2.93. The highest BCUT2D eigenvalue weighted by Gasteiger charge is 2.32. The minimum absolute atomic E-state index is 0.0359. The summed E-state index contributed by atoms with van der Waals surface area (Å²) in [5.41, 5.74) is -0.772. The second-order valence-corrected chi connectivity index (χ2v) is 4.55. The van der Waals surface area contributed by atoms with E-state index < -0.39 is 11.7 Å². The number of nitrogens with zero attached hydrogens (tertiary/aromatic N) is 1. The number of ether oxygens (including phenoxy) is 2. The number of pyridine rings is 1. The number of anilines is 1. The second-order valence-electron chi connectivity index (χ2n) is 4.55. The highest BCUT2D eigenvalue weighted by atomic mass is 19.4. The standard InChI is InChI=1S/C13H17F3N2O2/c1-2-17-11-6-9(13(14,15)16)7-12(18-11)20-8-10-4-3-5-19-10/h6-7,10H,2-5,8H2,1H3,(H,17,18). The number of alkyl halides is 3. The number of nitrogens with one attached hydrogen (secondary N) is 1. The van der Waals surface area contributed by atoms with Gasteiger partial charge in [-0.3, -0.25) is 0 Å². The van der Waals surface area contributed by atoms with E-state index >= 15 is 0 Å². The van der Waals surface area contributed by atoms with Crippen molar-refractivity contribution in [3.8, 4) is 5.88 Å². The van der Waals surface area contributed by atoms with Gasteiger partial charge >= 0.3 is 6.18 Å². The molecule has 0 aliphatic carbocycles. The summed E-state index contributed by atoms with van der Waals surface area (Å²) in [7, 11) is 0. The molecular weight excluding hydrogens is 273 g/mol. The lowest BCUT2D eigenvalue weighted by Gasteiger charge is -2.14. The van der Waals surface area contributed by atoms with Crippen molar-refractivity contribution in [2.45, 2.75) is 32.0 Å². The molecular formula is C13H17F3N2O2. The molecule has 1 fully saturated rings. The van der Waals surface area contributed by atoms with E-state index in [9.17, 15) is 13.2 Å². The molecule has 7 heteroatoms. The highest BCUT2D eigenvalue weighted by molar-refractivity contribution is 5.42. The molecule has 1 atom stereocenters. The van der Waals surface area contributed by atoms with Crippen LogP contribution in [0.3, 0.4) is 0 Å². The fraction of sp³-hybridized carbons (Fsp3) is 0.615. The third kappa shape index (κ3) is 4.00. The van der Waals surface area contributed by atoms with Gasteiger partial charge in [-0.05, 0) is 25.8 Å². The Morgan fingerprint density at radius 2 is 2.25 bits per heavy atom. The topological polar surface area (TPSA) is 43.4 Å². The van der Waals surface area contributed by atoms with E-state index in [4.69, 9.17) is 9.47 Å².